The summed E-state index contributed by atoms with van der Waals surface area (Å²) in [4.78, 5) is 18.6. The first-order valence-corrected chi connectivity index (χ1v) is 11.7. The van der Waals surface area contributed by atoms with E-state index >= 15 is 0 Å². The molecule has 3 fully saturated rings. The summed E-state index contributed by atoms with van der Waals surface area (Å²) in [6, 6.07) is 12.1. The molecule has 7 nitrogen and oxygen atoms in total. The third kappa shape index (κ3) is 5.15. The quantitative estimate of drug-likeness (QED) is 0.682. The zero-order chi connectivity index (χ0) is 21.9. The van der Waals surface area contributed by atoms with Crippen LogP contribution in [0.15, 0.2) is 42.6 Å². The molecule has 0 radical (unpaired) electrons. The Bertz CT molecular complexity index is 925. The zero-order valence-corrected chi connectivity index (χ0v) is 18.5. The summed E-state index contributed by atoms with van der Waals surface area (Å²) < 4.78 is 17.6. The van der Waals surface area contributed by atoms with Crippen LogP contribution in [0.5, 0.6) is 11.6 Å². The minimum absolute atomic E-state index is 0.0121. The first-order valence-electron chi connectivity index (χ1n) is 11.7. The van der Waals surface area contributed by atoms with Crippen LogP contribution in [-0.4, -0.2) is 49.4 Å². The van der Waals surface area contributed by atoms with Crippen LogP contribution < -0.4 is 19.7 Å². The van der Waals surface area contributed by atoms with Gasteiger partial charge in [0.25, 0.3) is 0 Å². The number of carbonyl (C=O) groups is 1. The highest BCUT2D eigenvalue weighted by Crippen LogP contribution is 2.30. The number of carbonyl (C=O) groups excluding carboxylic acids is 1. The van der Waals surface area contributed by atoms with Gasteiger partial charge in [0.15, 0.2) is 0 Å². The lowest BCUT2D eigenvalue weighted by Gasteiger charge is -2.20. The van der Waals surface area contributed by atoms with Gasteiger partial charge >= 0.3 is 0 Å². The molecule has 32 heavy (non-hydrogen) atoms. The van der Waals surface area contributed by atoms with Crippen LogP contribution in [0, 0.1) is 5.92 Å². The predicted octanol–water partition coefficient (Wildman–Crippen LogP) is 3.49. The van der Waals surface area contributed by atoms with E-state index in [0.717, 1.165) is 62.4 Å². The molecule has 170 valence electrons. The third-order valence-corrected chi connectivity index (χ3v) is 6.39. The van der Waals surface area contributed by atoms with Crippen molar-refractivity contribution in [1.82, 2.24) is 10.3 Å². The van der Waals surface area contributed by atoms with Crippen molar-refractivity contribution in [3.8, 4) is 11.6 Å². The molecular formula is C25H31N3O4. The Morgan fingerprint density at radius 2 is 1.97 bits per heavy atom. The molecule has 1 amide bonds. The molecule has 1 aromatic carbocycles. The van der Waals surface area contributed by atoms with Crippen LogP contribution in [0.25, 0.3) is 0 Å². The second-order valence-electron chi connectivity index (χ2n) is 9.00. The number of hydrogen-bond donors (Lipinski definition) is 1. The minimum atomic E-state index is 0.0121. The lowest BCUT2D eigenvalue weighted by Crippen LogP contribution is -2.27. The van der Waals surface area contributed by atoms with E-state index in [-0.39, 0.29) is 30.1 Å². The Hall–Kier alpha value is -2.80. The Labute approximate surface area is 189 Å². The Morgan fingerprint density at radius 3 is 2.72 bits per heavy atom. The number of amides is 1. The molecule has 1 aromatic heterocycles. The molecule has 0 unspecified atom stereocenters. The van der Waals surface area contributed by atoms with Gasteiger partial charge in [-0.15, -0.1) is 0 Å². The summed E-state index contributed by atoms with van der Waals surface area (Å²) >= 11 is 0. The normalized spacial score (nSPS) is 23.7. The van der Waals surface area contributed by atoms with Crippen LogP contribution in [0.2, 0.25) is 0 Å². The maximum absolute atomic E-state index is 12.0. The van der Waals surface area contributed by atoms with Crippen LogP contribution in [0.1, 0.15) is 44.2 Å². The van der Waals surface area contributed by atoms with Crippen LogP contribution in [0.3, 0.4) is 0 Å². The Morgan fingerprint density at radius 1 is 1.12 bits per heavy atom. The standard InChI is InChI=1S/C25H31N3O4/c1-17(27-25(29)19-2-3-19)18-4-6-21(7-5-18)31-22-9-12-28(15-22)20-8-11-26-24(14-20)32-23-10-13-30-16-23/h4-8,11,14,17,19,22-23H,2-3,9-10,12-13,15-16H2,1H3,(H,27,29)/t17-,22+,23+/m0/s1. The molecule has 1 N–H and O–H groups in total. The number of nitrogens with one attached hydrogen (secondary N) is 1. The predicted molar refractivity (Wildman–Crippen MR) is 121 cm³/mol. The molecule has 0 bridgehead atoms. The van der Waals surface area contributed by atoms with E-state index in [1.807, 2.05) is 43.3 Å². The lowest BCUT2D eigenvalue weighted by molar-refractivity contribution is -0.122. The van der Waals surface area contributed by atoms with Gasteiger partial charge in [-0.05, 0) is 43.5 Å². The van der Waals surface area contributed by atoms with Crippen molar-refractivity contribution in [3.05, 3.63) is 48.2 Å². The fourth-order valence-corrected chi connectivity index (χ4v) is 4.28. The van der Waals surface area contributed by atoms with E-state index < -0.39 is 0 Å². The van der Waals surface area contributed by atoms with Crippen molar-refractivity contribution in [3.63, 3.8) is 0 Å². The summed E-state index contributed by atoms with van der Waals surface area (Å²) in [5.41, 5.74) is 2.20. The molecular weight excluding hydrogens is 406 g/mol. The maximum Gasteiger partial charge on any atom is 0.223 e. The third-order valence-electron chi connectivity index (χ3n) is 6.39. The number of aromatic nitrogens is 1. The molecule has 1 saturated carbocycles. The number of nitrogens with zero attached hydrogens (tertiary/aromatic N) is 2. The zero-order valence-electron chi connectivity index (χ0n) is 18.5. The second-order valence-corrected chi connectivity index (χ2v) is 9.00. The number of anilines is 1. The number of benzene rings is 1. The smallest absolute Gasteiger partial charge is 0.223 e. The average molecular weight is 438 g/mol. The number of ether oxygens (including phenoxy) is 3. The number of hydrogen-bond acceptors (Lipinski definition) is 6. The Balaban J connectivity index is 1.13. The van der Waals surface area contributed by atoms with E-state index in [1.165, 1.54) is 0 Å². The largest absolute Gasteiger partial charge is 0.489 e. The number of rotatable bonds is 8. The average Bonchev–Trinajstić information content (AvgIpc) is 3.35. The van der Waals surface area contributed by atoms with Crippen LogP contribution >= 0.6 is 0 Å². The van der Waals surface area contributed by atoms with Gasteiger partial charge in [-0.25, -0.2) is 4.98 Å². The van der Waals surface area contributed by atoms with Gasteiger partial charge in [0.05, 0.1) is 25.8 Å². The van der Waals surface area contributed by atoms with E-state index in [1.54, 1.807) is 6.20 Å². The van der Waals surface area contributed by atoms with Gasteiger partial charge in [-0.1, -0.05) is 12.1 Å². The summed E-state index contributed by atoms with van der Waals surface area (Å²) in [6.45, 7) is 5.17. The van der Waals surface area contributed by atoms with Crippen molar-refractivity contribution in [2.24, 2.45) is 5.92 Å². The van der Waals surface area contributed by atoms with E-state index in [0.29, 0.717) is 12.5 Å². The molecule has 0 spiro atoms. The van der Waals surface area contributed by atoms with Crippen molar-refractivity contribution in [2.75, 3.05) is 31.2 Å². The molecule has 3 heterocycles. The SMILES string of the molecule is C[C@H](NC(=O)C1CC1)c1ccc(O[C@@H]2CCN(c3ccnc(O[C@@H]4CCOC4)c3)C2)cc1. The summed E-state index contributed by atoms with van der Waals surface area (Å²) in [6.07, 6.45) is 5.95. The monoisotopic (exact) mass is 437 g/mol. The van der Waals surface area contributed by atoms with Crippen molar-refractivity contribution >= 4 is 11.6 Å². The lowest BCUT2D eigenvalue weighted by atomic mass is 10.1. The fourth-order valence-electron chi connectivity index (χ4n) is 4.28. The molecule has 2 saturated heterocycles. The fraction of sp³-hybridized carbons (Fsp3) is 0.520. The van der Waals surface area contributed by atoms with E-state index in [2.05, 4.69) is 15.2 Å². The van der Waals surface area contributed by atoms with Crippen molar-refractivity contribution < 1.29 is 19.0 Å². The summed E-state index contributed by atoms with van der Waals surface area (Å²) in [5.74, 6) is 1.91. The van der Waals surface area contributed by atoms with Gasteiger partial charge in [-0.2, -0.15) is 0 Å². The first-order chi connectivity index (χ1) is 15.6. The molecule has 3 atom stereocenters. The highest BCUT2D eigenvalue weighted by molar-refractivity contribution is 5.81. The van der Waals surface area contributed by atoms with Crippen LogP contribution in [-0.2, 0) is 9.53 Å². The van der Waals surface area contributed by atoms with Crippen molar-refractivity contribution in [2.45, 2.75) is 50.9 Å². The van der Waals surface area contributed by atoms with E-state index in [4.69, 9.17) is 14.2 Å². The summed E-state index contributed by atoms with van der Waals surface area (Å²) in [5, 5.41) is 3.09. The highest BCUT2D eigenvalue weighted by atomic mass is 16.5. The van der Waals surface area contributed by atoms with Gasteiger partial charge in [0.2, 0.25) is 11.8 Å². The van der Waals surface area contributed by atoms with Gasteiger partial charge in [-0.3, -0.25) is 4.79 Å². The molecule has 2 aliphatic heterocycles. The maximum atomic E-state index is 12.0. The molecule has 3 aliphatic rings. The molecule has 5 rings (SSSR count). The first kappa shape index (κ1) is 21.1. The van der Waals surface area contributed by atoms with Gasteiger partial charge < -0.3 is 24.4 Å². The topological polar surface area (TPSA) is 72.9 Å². The number of pyridine rings is 1. The van der Waals surface area contributed by atoms with Gasteiger partial charge in [0, 0.05) is 43.3 Å². The van der Waals surface area contributed by atoms with E-state index in [9.17, 15) is 4.79 Å². The minimum Gasteiger partial charge on any atom is -0.489 e. The highest BCUT2D eigenvalue weighted by Gasteiger charge is 2.30. The molecule has 7 heteroatoms. The van der Waals surface area contributed by atoms with Gasteiger partial charge in [0.1, 0.15) is 18.0 Å². The van der Waals surface area contributed by atoms with Crippen LogP contribution in [0.4, 0.5) is 5.69 Å². The van der Waals surface area contributed by atoms with Crippen molar-refractivity contribution in [1.29, 1.82) is 0 Å². The second kappa shape index (κ2) is 9.36. The molecule has 2 aromatic rings. The molecule has 1 aliphatic carbocycles. The Kier molecular flexibility index (Phi) is 6.17. The summed E-state index contributed by atoms with van der Waals surface area (Å²) in [7, 11) is 0.